The fraction of sp³-hybridized carbons (Fsp3) is 0.600. The Labute approximate surface area is 175 Å². The van der Waals surface area contributed by atoms with Gasteiger partial charge in [-0.2, -0.15) is 26.3 Å². The molecule has 2 rings (SSSR count). The molecule has 0 spiro atoms. The molecule has 2 amide bonds. The lowest BCUT2D eigenvalue weighted by Crippen LogP contribution is -2.38. The number of carbonyl (C=O) groups excluding carboxylic acids is 2. The number of alkyl carbamates (subject to hydrolysis) is 1. The van der Waals surface area contributed by atoms with Gasteiger partial charge in [0.1, 0.15) is 5.60 Å². The summed E-state index contributed by atoms with van der Waals surface area (Å²) in [5.41, 5.74) is -3.86. The molecule has 1 aromatic rings. The Kier molecular flexibility index (Phi) is 7.17. The van der Waals surface area contributed by atoms with Crippen LogP contribution in [0, 0.1) is 5.92 Å². The van der Waals surface area contributed by atoms with Crippen molar-refractivity contribution in [1.29, 1.82) is 0 Å². The molecule has 174 valence electrons. The van der Waals surface area contributed by atoms with Gasteiger partial charge in [0.15, 0.2) is 0 Å². The van der Waals surface area contributed by atoms with Crippen molar-refractivity contribution in [3.05, 3.63) is 34.9 Å². The first kappa shape index (κ1) is 24.8. The summed E-state index contributed by atoms with van der Waals surface area (Å²) in [6.45, 7) is 4.63. The second-order valence-corrected chi connectivity index (χ2v) is 8.49. The Hall–Kier alpha value is -2.46. The number of carbonyl (C=O) groups is 2. The average Bonchev–Trinajstić information content (AvgIpc) is 3.04. The molecule has 31 heavy (non-hydrogen) atoms. The first-order valence-corrected chi connectivity index (χ1v) is 9.60. The van der Waals surface area contributed by atoms with Gasteiger partial charge in [0.25, 0.3) is 0 Å². The van der Waals surface area contributed by atoms with Gasteiger partial charge < -0.3 is 15.4 Å². The number of amides is 2. The third-order valence-corrected chi connectivity index (χ3v) is 4.64. The van der Waals surface area contributed by atoms with Crippen LogP contribution in [0.15, 0.2) is 18.2 Å². The molecule has 1 aromatic carbocycles. The van der Waals surface area contributed by atoms with Crippen LogP contribution in [-0.4, -0.2) is 23.6 Å². The minimum Gasteiger partial charge on any atom is -0.444 e. The van der Waals surface area contributed by atoms with Crippen molar-refractivity contribution in [2.24, 2.45) is 5.92 Å². The molecule has 2 atom stereocenters. The van der Waals surface area contributed by atoms with Crippen molar-refractivity contribution >= 4 is 12.0 Å². The Morgan fingerprint density at radius 1 is 0.968 bits per heavy atom. The lowest BCUT2D eigenvalue weighted by molar-refractivity contribution is -0.143. The standard InChI is InChI=1S/C20H24F6N2O3/c1-18(2,3)31-17(30)28-15-5-4-12(8-15)16(29)27-10-11-6-13(19(21,22)23)9-14(7-11)20(24,25)26/h6-7,9,12,15H,4-5,8,10H2,1-3H3,(H,27,29)(H,28,30)/t12-,15+/m0/s1. The van der Waals surface area contributed by atoms with Crippen LogP contribution in [0.25, 0.3) is 0 Å². The van der Waals surface area contributed by atoms with Crippen LogP contribution in [0.1, 0.15) is 56.7 Å². The van der Waals surface area contributed by atoms with Crippen LogP contribution in [0.3, 0.4) is 0 Å². The van der Waals surface area contributed by atoms with E-state index >= 15 is 0 Å². The first-order valence-electron chi connectivity index (χ1n) is 9.60. The summed E-state index contributed by atoms with van der Waals surface area (Å²) in [6.07, 6.45) is -9.32. The lowest BCUT2D eigenvalue weighted by Gasteiger charge is -2.21. The number of halogens is 6. The summed E-state index contributed by atoms with van der Waals surface area (Å²) < 4.78 is 82.7. The Balaban J connectivity index is 1.98. The number of rotatable bonds is 4. The highest BCUT2D eigenvalue weighted by molar-refractivity contribution is 5.79. The summed E-state index contributed by atoms with van der Waals surface area (Å²) >= 11 is 0. The number of nitrogens with one attached hydrogen (secondary N) is 2. The lowest BCUT2D eigenvalue weighted by atomic mass is 10.0. The van der Waals surface area contributed by atoms with Crippen molar-refractivity contribution < 1.29 is 40.7 Å². The maximum atomic E-state index is 12.9. The summed E-state index contributed by atoms with van der Waals surface area (Å²) in [4.78, 5) is 24.2. The van der Waals surface area contributed by atoms with Crippen LogP contribution >= 0.6 is 0 Å². The second-order valence-electron chi connectivity index (χ2n) is 8.49. The average molecular weight is 454 g/mol. The van der Waals surface area contributed by atoms with Crippen LogP contribution in [0.4, 0.5) is 31.1 Å². The predicted molar refractivity (Wildman–Crippen MR) is 98.8 cm³/mol. The minimum atomic E-state index is -4.95. The van der Waals surface area contributed by atoms with Crippen molar-refractivity contribution in [1.82, 2.24) is 10.6 Å². The van der Waals surface area contributed by atoms with Crippen molar-refractivity contribution in [2.45, 2.75) is 70.6 Å². The van der Waals surface area contributed by atoms with E-state index in [0.29, 0.717) is 31.4 Å². The van der Waals surface area contributed by atoms with E-state index in [1.54, 1.807) is 20.8 Å². The van der Waals surface area contributed by atoms with Gasteiger partial charge in [-0.15, -0.1) is 0 Å². The number of ether oxygens (including phenoxy) is 1. The first-order chi connectivity index (χ1) is 14.0. The van der Waals surface area contributed by atoms with E-state index in [-0.39, 0.29) is 17.7 Å². The molecule has 1 aliphatic rings. The fourth-order valence-electron chi connectivity index (χ4n) is 3.28. The largest absolute Gasteiger partial charge is 0.444 e. The van der Waals surface area contributed by atoms with Gasteiger partial charge in [-0.1, -0.05) is 0 Å². The third kappa shape index (κ3) is 7.62. The zero-order valence-corrected chi connectivity index (χ0v) is 17.2. The summed E-state index contributed by atoms with van der Waals surface area (Å²) in [5.74, 6) is -1.02. The molecule has 0 bridgehead atoms. The quantitative estimate of drug-likeness (QED) is 0.627. The Morgan fingerprint density at radius 3 is 2.00 bits per heavy atom. The molecular weight excluding hydrogens is 430 g/mol. The van der Waals surface area contributed by atoms with Gasteiger partial charge in [0.2, 0.25) is 5.91 Å². The van der Waals surface area contributed by atoms with Gasteiger partial charge in [-0.05, 0) is 63.8 Å². The fourth-order valence-corrected chi connectivity index (χ4v) is 3.28. The van der Waals surface area contributed by atoms with Crippen LogP contribution in [-0.2, 0) is 28.4 Å². The van der Waals surface area contributed by atoms with Gasteiger partial charge in [-0.25, -0.2) is 4.79 Å². The molecule has 2 N–H and O–H groups in total. The molecule has 1 saturated carbocycles. The van der Waals surface area contributed by atoms with Gasteiger partial charge in [0.05, 0.1) is 11.1 Å². The molecule has 5 nitrogen and oxygen atoms in total. The predicted octanol–water partition coefficient (Wildman–Crippen LogP) is 5.03. The maximum absolute atomic E-state index is 12.9. The molecular formula is C20H24F6N2O3. The van der Waals surface area contributed by atoms with Crippen LogP contribution in [0.5, 0.6) is 0 Å². The highest BCUT2D eigenvalue weighted by Crippen LogP contribution is 2.36. The van der Waals surface area contributed by atoms with E-state index in [1.807, 2.05) is 0 Å². The van der Waals surface area contributed by atoms with E-state index in [1.165, 1.54) is 0 Å². The second kappa shape index (κ2) is 8.96. The summed E-state index contributed by atoms with van der Waals surface area (Å²) in [6, 6.07) is 0.888. The smallest absolute Gasteiger partial charge is 0.416 e. The monoisotopic (exact) mass is 454 g/mol. The molecule has 1 fully saturated rings. The van der Waals surface area contributed by atoms with E-state index in [4.69, 9.17) is 4.74 Å². The molecule has 0 aromatic heterocycles. The molecule has 1 aliphatic carbocycles. The van der Waals surface area contributed by atoms with Crippen LogP contribution < -0.4 is 10.6 Å². The van der Waals surface area contributed by atoms with Gasteiger partial charge in [-0.3, -0.25) is 4.79 Å². The third-order valence-electron chi connectivity index (χ3n) is 4.64. The van der Waals surface area contributed by atoms with Crippen molar-refractivity contribution in [3.63, 3.8) is 0 Å². The van der Waals surface area contributed by atoms with Crippen LogP contribution in [0.2, 0.25) is 0 Å². The van der Waals surface area contributed by atoms with E-state index in [9.17, 15) is 35.9 Å². The van der Waals surface area contributed by atoms with Gasteiger partial charge >= 0.3 is 18.4 Å². The zero-order valence-electron chi connectivity index (χ0n) is 17.2. The Bertz CT molecular complexity index is 782. The summed E-state index contributed by atoms with van der Waals surface area (Å²) in [5, 5.41) is 5.04. The molecule has 0 unspecified atom stereocenters. The van der Waals surface area contributed by atoms with E-state index in [0.717, 1.165) is 0 Å². The SMILES string of the molecule is CC(C)(C)OC(=O)N[C@@H]1CC[C@H](C(=O)NCc2cc(C(F)(F)F)cc(C(F)(F)F)c2)C1. The minimum absolute atomic E-state index is 0.0369. The van der Waals surface area contributed by atoms with Crippen molar-refractivity contribution in [3.8, 4) is 0 Å². The molecule has 0 heterocycles. The number of alkyl halides is 6. The Morgan fingerprint density at radius 2 is 1.52 bits per heavy atom. The molecule has 0 radical (unpaired) electrons. The molecule has 0 aliphatic heterocycles. The normalized spacial score (nSPS) is 19.8. The number of hydrogen-bond acceptors (Lipinski definition) is 3. The van der Waals surface area contributed by atoms with Crippen molar-refractivity contribution in [2.75, 3.05) is 0 Å². The van der Waals surface area contributed by atoms with Gasteiger partial charge in [0, 0.05) is 18.5 Å². The topological polar surface area (TPSA) is 67.4 Å². The highest BCUT2D eigenvalue weighted by Gasteiger charge is 2.37. The molecule has 11 heteroatoms. The molecule has 0 saturated heterocycles. The van der Waals surface area contributed by atoms with E-state index in [2.05, 4.69) is 10.6 Å². The highest BCUT2D eigenvalue weighted by atomic mass is 19.4. The van der Waals surface area contributed by atoms with E-state index < -0.39 is 53.5 Å². The number of hydrogen-bond donors (Lipinski definition) is 2. The zero-order chi connectivity index (χ0) is 23.6. The number of benzene rings is 1. The summed E-state index contributed by atoms with van der Waals surface area (Å²) in [7, 11) is 0. The maximum Gasteiger partial charge on any atom is 0.416 e.